The number of hydrogen-bond donors (Lipinski definition) is 1. The van der Waals surface area contributed by atoms with Gasteiger partial charge in [0.1, 0.15) is 11.9 Å². The van der Waals surface area contributed by atoms with Crippen LogP contribution in [0.25, 0.3) is 0 Å². The number of nitrogens with one attached hydrogen (secondary N) is 1. The van der Waals surface area contributed by atoms with Crippen LogP contribution in [-0.2, 0) is 16.1 Å². The van der Waals surface area contributed by atoms with Crippen LogP contribution in [0.4, 0.5) is 4.39 Å². The molecular formula is C27H30FN3O4. The van der Waals surface area contributed by atoms with Crippen LogP contribution in [0.2, 0.25) is 0 Å². The van der Waals surface area contributed by atoms with Gasteiger partial charge in [0.25, 0.3) is 11.8 Å². The molecule has 1 heterocycles. The minimum atomic E-state index is -0.790. The van der Waals surface area contributed by atoms with Crippen molar-refractivity contribution in [2.75, 3.05) is 6.54 Å². The molecule has 0 radical (unpaired) electrons. The van der Waals surface area contributed by atoms with E-state index in [2.05, 4.69) is 5.32 Å². The van der Waals surface area contributed by atoms with Crippen molar-refractivity contribution in [1.82, 2.24) is 15.1 Å². The number of hydrogen-bond acceptors (Lipinski definition) is 4. The van der Waals surface area contributed by atoms with E-state index in [-0.39, 0.29) is 55.6 Å². The summed E-state index contributed by atoms with van der Waals surface area (Å²) in [5.74, 6) is -1.78. The van der Waals surface area contributed by atoms with E-state index in [1.54, 1.807) is 49.4 Å². The van der Waals surface area contributed by atoms with Crippen molar-refractivity contribution >= 4 is 23.6 Å². The summed E-state index contributed by atoms with van der Waals surface area (Å²) < 4.78 is 14.4. The van der Waals surface area contributed by atoms with Crippen LogP contribution in [0.15, 0.2) is 48.5 Å². The number of benzene rings is 2. The number of rotatable bonds is 9. The number of imide groups is 1. The van der Waals surface area contributed by atoms with Crippen molar-refractivity contribution in [2.45, 2.75) is 64.1 Å². The Morgan fingerprint density at radius 1 is 1.03 bits per heavy atom. The molecule has 4 rings (SSSR count). The summed E-state index contributed by atoms with van der Waals surface area (Å²) in [5.41, 5.74) is 1.05. The van der Waals surface area contributed by atoms with E-state index >= 15 is 0 Å². The zero-order valence-electron chi connectivity index (χ0n) is 19.8. The quantitative estimate of drug-likeness (QED) is 0.556. The fourth-order valence-electron chi connectivity index (χ4n) is 4.76. The Kier molecular flexibility index (Phi) is 7.58. The van der Waals surface area contributed by atoms with Crippen LogP contribution in [0, 0.1) is 5.82 Å². The second-order valence-electron chi connectivity index (χ2n) is 9.19. The van der Waals surface area contributed by atoms with Gasteiger partial charge in [-0.2, -0.15) is 0 Å². The minimum absolute atomic E-state index is 0.0168. The lowest BCUT2D eigenvalue weighted by Crippen LogP contribution is -2.49. The van der Waals surface area contributed by atoms with Gasteiger partial charge in [-0.3, -0.25) is 24.1 Å². The Bertz CT molecular complexity index is 1090. The lowest BCUT2D eigenvalue weighted by atomic mass is 10.1. The topological polar surface area (TPSA) is 86.8 Å². The molecule has 1 atom stereocenters. The van der Waals surface area contributed by atoms with Gasteiger partial charge in [-0.15, -0.1) is 0 Å². The molecule has 1 unspecified atom stereocenters. The molecular weight excluding hydrogens is 449 g/mol. The highest BCUT2D eigenvalue weighted by atomic mass is 19.1. The molecule has 7 nitrogen and oxygen atoms in total. The van der Waals surface area contributed by atoms with Gasteiger partial charge in [0.2, 0.25) is 11.8 Å². The van der Waals surface area contributed by atoms with Crippen molar-refractivity contribution in [3.63, 3.8) is 0 Å². The first-order chi connectivity index (χ1) is 16.9. The summed E-state index contributed by atoms with van der Waals surface area (Å²) in [4.78, 5) is 53.8. The van der Waals surface area contributed by atoms with Crippen LogP contribution < -0.4 is 5.32 Å². The van der Waals surface area contributed by atoms with Crippen LogP contribution in [0.1, 0.15) is 71.7 Å². The number of carbonyl (C=O) groups is 4. The molecule has 2 aromatic rings. The van der Waals surface area contributed by atoms with Crippen molar-refractivity contribution < 1.29 is 23.6 Å². The molecule has 1 fully saturated rings. The molecule has 1 N–H and O–H groups in total. The van der Waals surface area contributed by atoms with Crippen LogP contribution in [-0.4, -0.2) is 52.1 Å². The van der Waals surface area contributed by atoms with E-state index in [9.17, 15) is 23.6 Å². The van der Waals surface area contributed by atoms with E-state index in [0.29, 0.717) is 16.7 Å². The molecule has 1 aliphatic carbocycles. The van der Waals surface area contributed by atoms with Gasteiger partial charge < -0.3 is 10.2 Å². The molecule has 0 saturated heterocycles. The molecule has 0 aromatic heterocycles. The van der Waals surface area contributed by atoms with Gasteiger partial charge in [-0.25, -0.2) is 4.39 Å². The highest BCUT2D eigenvalue weighted by Gasteiger charge is 2.35. The summed E-state index contributed by atoms with van der Waals surface area (Å²) >= 11 is 0. The second kappa shape index (κ2) is 10.8. The Balaban J connectivity index is 1.42. The zero-order valence-corrected chi connectivity index (χ0v) is 19.8. The smallest absolute Gasteiger partial charge is 0.261 e. The molecule has 184 valence electrons. The zero-order chi connectivity index (χ0) is 24.9. The number of carbonyl (C=O) groups excluding carboxylic acids is 4. The van der Waals surface area contributed by atoms with Crippen molar-refractivity contribution in [3.05, 3.63) is 71.0 Å². The number of halogens is 1. The Hall–Kier alpha value is -3.55. The van der Waals surface area contributed by atoms with E-state index < -0.39 is 11.9 Å². The number of fused-ring (bicyclic) bond motifs is 1. The maximum Gasteiger partial charge on any atom is 0.261 e. The van der Waals surface area contributed by atoms with Crippen LogP contribution in [0.5, 0.6) is 0 Å². The maximum absolute atomic E-state index is 14.4. The van der Waals surface area contributed by atoms with Gasteiger partial charge in [-0.05, 0) is 44.4 Å². The third kappa shape index (κ3) is 5.42. The first-order valence-electron chi connectivity index (χ1n) is 12.1. The molecule has 1 saturated carbocycles. The second-order valence-corrected chi connectivity index (χ2v) is 9.19. The SMILES string of the molecule is CC(C(=O)NC1CCCC1)N(Cc1ccccc1F)C(=O)CCCN1C(=O)c2ccccc2C1=O. The number of amides is 4. The van der Waals surface area contributed by atoms with E-state index in [1.807, 2.05) is 0 Å². The Morgan fingerprint density at radius 3 is 2.26 bits per heavy atom. The van der Waals surface area contributed by atoms with E-state index in [4.69, 9.17) is 0 Å². The molecule has 8 heteroatoms. The third-order valence-electron chi connectivity index (χ3n) is 6.82. The van der Waals surface area contributed by atoms with Crippen molar-refractivity contribution in [1.29, 1.82) is 0 Å². The number of nitrogens with zero attached hydrogens (tertiary/aromatic N) is 2. The van der Waals surface area contributed by atoms with Gasteiger partial charge in [0.05, 0.1) is 11.1 Å². The predicted octanol–water partition coefficient (Wildman–Crippen LogP) is 3.68. The molecule has 0 spiro atoms. The molecule has 1 aliphatic heterocycles. The first-order valence-corrected chi connectivity index (χ1v) is 12.1. The fraction of sp³-hybridized carbons (Fsp3) is 0.407. The lowest BCUT2D eigenvalue weighted by Gasteiger charge is -2.30. The highest BCUT2D eigenvalue weighted by molar-refractivity contribution is 6.21. The third-order valence-corrected chi connectivity index (χ3v) is 6.82. The van der Waals surface area contributed by atoms with Crippen LogP contribution >= 0.6 is 0 Å². The summed E-state index contributed by atoms with van der Waals surface area (Å²) in [6.45, 7) is 1.69. The van der Waals surface area contributed by atoms with E-state index in [1.165, 1.54) is 11.0 Å². The summed E-state index contributed by atoms with van der Waals surface area (Å²) in [6.07, 6.45) is 4.22. The summed E-state index contributed by atoms with van der Waals surface area (Å²) in [6, 6.07) is 12.1. The molecule has 4 amide bonds. The normalized spacial score (nSPS) is 16.3. The predicted molar refractivity (Wildman–Crippen MR) is 128 cm³/mol. The van der Waals surface area contributed by atoms with Gasteiger partial charge >= 0.3 is 0 Å². The fourth-order valence-corrected chi connectivity index (χ4v) is 4.76. The average molecular weight is 480 g/mol. The van der Waals surface area contributed by atoms with Crippen molar-refractivity contribution in [2.24, 2.45) is 0 Å². The maximum atomic E-state index is 14.4. The summed E-state index contributed by atoms with van der Waals surface area (Å²) in [7, 11) is 0. The van der Waals surface area contributed by atoms with Gasteiger partial charge in [-0.1, -0.05) is 43.2 Å². The standard InChI is InChI=1S/C27H30FN3O4/c1-18(25(33)29-20-10-3-4-11-20)31(17-19-9-2-7-14-23(19)28)24(32)15-8-16-30-26(34)21-12-5-6-13-22(21)27(30)35/h2,5-7,9,12-14,18,20H,3-4,8,10-11,15-17H2,1H3,(H,29,33). The molecule has 35 heavy (non-hydrogen) atoms. The summed E-state index contributed by atoms with van der Waals surface area (Å²) in [5, 5.41) is 3.01. The largest absolute Gasteiger partial charge is 0.352 e. The lowest BCUT2D eigenvalue weighted by molar-refractivity contribution is -0.141. The van der Waals surface area contributed by atoms with E-state index in [0.717, 1.165) is 30.6 Å². The van der Waals surface area contributed by atoms with Crippen molar-refractivity contribution in [3.8, 4) is 0 Å². The Morgan fingerprint density at radius 2 is 1.63 bits per heavy atom. The average Bonchev–Trinajstić information content (AvgIpc) is 3.45. The molecule has 2 aromatic carbocycles. The molecule has 2 aliphatic rings. The molecule has 0 bridgehead atoms. The van der Waals surface area contributed by atoms with Gasteiger partial charge in [0.15, 0.2) is 0 Å². The van der Waals surface area contributed by atoms with Gasteiger partial charge in [0, 0.05) is 31.1 Å². The monoisotopic (exact) mass is 479 g/mol. The first kappa shape index (κ1) is 24.6. The Labute approximate surface area is 204 Å². The highest BCUT2D eigenvalue weighted by Crippen LogP contribution is 2.23. The van der Waals surface area contributed by atoms with Crippen LogP contribution in [0.3, 0.4) is 0 Å². The minimum Gasteiger partial charge on any atom is -0.352 e.